The van der Waals surface area contributed by atoms with Crippen LogP contribution in [-0.4, -0.2) is 4.98 Å². The fraction of sp³-hybridized carbons (Fsp3) is 0.250. The number of anilines is 1. The third kappa shape index (κ3) is 3.32. The SMILES string of the molecule is CC(C)C(Nc1ccc(C#N)nc1)c1ccccc1. The Morgan fingerprint density at radius 1 is 1.11 bits per heavy atom. The molecule has 3 heteroatoms. The summed E-state index contributed by atoms with van der Waals surface area (Å²) in [5.41, 5.74) is 2.62. The lowest BCUT2D eigenvalue weighted by atomic mass is 9.96. The second-order valence-corrected chi connectivity index (χ2v) is 4.82. The molecular weight excluding hydrogens is 234 g/mol. The van der Waals surface area contributed by atoms with Crippen LogP contribution in [0.15, 0.2) is 48.7 Å². The summed E-state index contributed by atoms with van der Waals surface area (Å²) in [6.07, 6.45) is 1.71. The first-order chi connectivity index (χ1) is 9.20. The first-order valence-electron chi connectivity index (χ1n) is 6.38. The average molecular weight is 251 g/mol. The minimum atomic E-state index is 0.232. The lowest BCUT2D eigenvalue weighted by molar-refractivity contribution is 0.546. The van der Waals surface area contributed by atoms with Crippen molar-refractivity contribution in [2.45, 2.75) is 19.9 Å². The lowest BCUT2D eigenvalue weighted by Gasteiger charge is -2.23. The molecule has 2 rings (SSSR count). The fourth-order valence-electron chi connectivity index (χ4n) is 2.02. The van der Waals surface area contributed by atoms with Gasteiger partial charge in [-0.05, 0) is 23.6 Å². The number of benzene rings is 1. The van der Waals surface area contributed by atoms with Gasteiger partial charge >= 0.3 is 0 Å². The van der Waals surface area contributed by atoms with E-state index in [0.717, 1.165) is 5.69 Å². The number of nitrogens with zero attached hydrogens (tertiary/aromatic N) is 2. The van der Waals surface area contributed by atoms with Crippen molar-refractivity contribution >= 4 is 5.69 Å². The Bertz CT molecular complexity index is 553. The molecule has 0 amide bonds. The van der Waals surface area contributed by atoms with E-state index in [-0.39, 0.29) is 6.04 Å². The van der Waals surface area contributed by atoms with Crippen LogP contribution in [0.2, 0.25) is 0 Å². The molecule has 1 unspecified atom stereocenters. The monoisotopic (exact) mass is 251 g/mol. The van der Waals surface area contributed by atoms with Crippen molar-refractivity contribution in [3.05, 3.63) is 59.9 Å². The number of hydrogen-bond donors (Lipinski definition) is 1. The average Bonchev–Trinajstić information content (AvgIpc) is 2.46. The maximum Gasteiger partial charge on any atom is 0.140 e. The van der Waals surface area contributed by atoms with Gasteiger partial charge in [-0.3, -0.25) is 0 Å². The molecule has 2 aromatic rings. The Morgan fingerprint density at radius 2 is 1.84 bits per heavy atom. The van der Waals surface area contributed by atoms with Crippen LogP contribution in [0.5, 0.6) is 0 Å². The van der Waals surface area contributed by atoms with Crippen molar-refractivity contribution in [2.75, 3.05) is 5.32 Å². The van der Waals surface area contributed by atoms with Gasteiger partial charge in [-0.2, -0.15) is 5.26 Å². The highest BCUT2D eigenvalue weighted by molar-refractivity contribution is 5.45. The van der Waals surface area contributed by atoms with Gasteiger partial charge in [0.2, 0.25) is 0 Å². The molecule has 1 heterocycles. The second-order valence-electron chi connectivity index (χ2n) is 4.82. The molecule has 0 aliphatic heterocycles. The van der Waals surface area contributed by atoms with Crippen molar-refractivity contribution in [3.63, 3.8) is 0 Å². The largest absolute Gasteiger partial charge is 0.377 e. The van der Waals surface area contributed by atoms with Gasteiger partial charge in [0.25, 0.3) is 0 Å². The van der Waals surface area contributed by atoms with Crippen LogP contribution < -0.4 is 5.32 Å². The Balaban J connectivity index is 2.20. The van der Waals surface area contributed by atoms with Crippen molar-refractivity contribution in [1.82, 2.24) is 4.98 Å². The molecule has 96 valence electrons. The van der Waals surface area contributed by atoms with Gasteiger partial charge < -0.3 is 5.32 Å². The van der Waals surface area contributed by atoms with Crippen molar-refractivity contribution < 1.29 is 0 Å². The Morgan fingerprint density at radius 3 is 2.37 bits per heavy atom. The zero-order chi connectivity index (χ0) is 13.7. The van der Waals surface area contributed by atoms with Gasteiger partial charge in [0, 0.05) is 0 Å². The molecule has 0 bridgehead atoms. The highest BCUT2D eigenvalue weighted by atomic mass is 14.9. The maximum absolute atomic E-state index is 8.74. The summed E-state index contributed by atoms with van der Waals surface area (Å²) in [4.78, 5) is 4.08. The number of nitrogens with one attached hydrogen (secondary N) is 1. The predicted octanol–water partition coefficient (Wildman–Crippen LogP) is 3.76. The van der Waals surface area contributed by atoms with E-state index in [2.05, 4.69) is 36.3 Å². The molecule has 0 aliphatic carbocycles. The Kier molecular flexibility index (Phi) is 4.15. The van der Waals surface area contributed by atoms with Gasteiger partial charge in [0.15, 0.2) is 0 Å². The van der Waals surface area contributed by atoms with Crippen molar-refractivity contribution in [1.29, 1.82) is 5.26 Å². The third-order valence-electron chi connectivity index (χ3n) is 3.03. The molecule has 19 heavy (non-hydrogen) atoms. The fourth-order valence-corrected chi connectivity index (χ4v) is 2.02. The zero-order valence-corrected chi connectivity index (χ0v) is 11.2. The van der Waals surface area contributed by atoms with Crippen LogP contribution in [0.1, 0.15) is 31.1 Å². The van der Waals surface area contributed by atoms with E-state index in [0.29, 0.717) is 11.6 Å². The van der Waals surface area contributed by atoms with Crippen LogP contribution in [0.3, 0.4) is 0 Å². The van der Waals surface area contributed by atoms with E-state index in [9.17, 15) is 0 Å². The molecular formula is C16H17N3. The zero-order valence-electron chi connectivity index (χ0n) is 11.2. The summed E-state index contributed by atoms with van der Waals surface area (Å²) < 4.78 is 0. The molecule has 0 saturated carbocycles. The molecule has 1 aromatic heterocycles. The number of pyridine rings is 1. The molecule has 0 radical (unpaired) electrons. The first-order valence-corrected chi connectivity index (χ1v) is 6.38. The number of aromatic nitrogens is 1. The van der Waals surface area contributed by atoms with E-state index < -0.39 is 0 Å². The molecule has 0 fully saturated rings. The van der Waals surface area contributed by atoms with Gasteiger partial charge in [-0.15, -0.1) is 0 Å². The number of nitriles is 1. The van der Waals surface area contributed by atoms with Gasteiger partial charge in [-0.25, -0.2) is 4.98 Å². The minimum absolute atomic E-state index is 0.232. The van der Waals surface area contributed by atoms with Gasteiger partial charge in [0.05, 0.1) is 17.9 Å². The smallest absolute Gasteiger partial charge is 0.140 e. The number of rotatable bonds is 4. The normalized spacial score (nSPS) is 11.9. The summed E-state index contributed by atoms with van der Waals surface area (Å²) in [5, 5.41) is 12.2. The van der Waals surface area contributed by atoms with E-state index in [1.165, 1.54) is 5.56 Å². The Labute approximate surface area is 113 Å². The highest BCUT2D eigenvalue weighted by Gasteiger charge is 2.15. The summed E-state index contributed by atoms with van der Waals surface area (Å²) in [7, 11) is 0. The number of hydrogen-bond acceptors (Lipinski definition) is 3. The second kappa shape index (κ2) is 6.01. The van der Waals surface area contributed by atoms with E-state index in [1.807, 2.05) is 30.3 Å². The molecule has 1 aromatic carbocycles. The standard InChI is InChI=1S/C16H17N3/c1-12(2)16(13-6-4-3-5-7-13)19-15-9-8-14(10-17)18-11-15/h3-9,11-12,16,19H,1-2H3. The lowest BCUT2D eigenvalue weighted by Crippen LogP contribution is -2.16. The molecule has 3 nitrogen and oxygen atoms in total. The molecule has 1 atom stereocenters. The predicted molar refractivity (Wildman–Crippen MR) is 76.6 cm³/mol. The molecule has 0 aliphatic rings. The maximum atomic E-state index is 8.74. The topological polar surface area (TPSA) is 48.7 Å². The quantitative estimate of drug-likeness (QED) is 0.900. The van der Waals surface area contributed by atoms with Crippen LogP contribution in [0, 0.1) is 17.2 Å². The first kappa shape index (κ1) is 13.1. The van der Waals surface area contributed by atoms with E-state index in [1.54, 1.807) is 12.3 Å². The van der Waals surface area contributed by atoms with Crippen LogP contribution in [0.25, 0.3) is 0 Å². The van der Waals surface area contributed by atoms with Crippen LogP contribution in [0.4, 0.5) is 5.69 Å². The Hall–Kier alpha value is -2.34. The summed E-state index contributed by atoms with van der Waals surface area (Å²) in [6, 6.07) is 16.2. The minimum Gasteiger partial charge on any atom is -0.377 e. The highest BCUT2D eigenvalue weighted by Crippen LogP contribution is 2.25. The molecule has 0 spiro atoms. The summed E-state index contributed by atoms with van der Waals surface area (Å²) in [6.45, 7) is 4.36. The summed E-state index contributed by atoms with van der Waals surface area (Å²) in [5.74, 6) is 0.457. The van der Waals surface area contributed by atoms with E-state index >= 15 is 0 Å². The third-order valence-corrected chi connectivity index (χ3v) is 3.03. The van der Waals surface area contributed by atoms with Gasteiger partial charge in [0.1, 0.15) is 11.8 Å². The van der Waals surface area contributed by atoms with Crippen LogP contribution >= 0.6 is 0 Å². The van der Waals surface area contributed by atoms with Crippen molar-refractivity contribution in [3.8, 4) is 6.07 Å². The van der Waals surface area contributed by atoms with Gasteiger partial charge in [-0.1, -0.05) is 44.2 Å². The molecule has 1 N–H and O–H groups in total. The van der Waals surface area contributed by atoms with E-state index in [4.69, 9.17) is 5.26 Å². The molecule has 0 saturated heterocycles. The van der Waals surface area contributed by atoms with Crippen molar-refractivity contribution in [2.24, 2.45) is 5.92 Å². The summed E-state index contributed by atoms with van der Waals surface area (Å²) >= 11 is 0. The van der Waals surface area contributed by atoms with Crippen LogP contribution in [-0.2, 0) is 0 Å².